The van der Waals surface area contributed by atoms with Gasteiger partial charge in [0.05, 0.1) is 17.4 Å². The zero-order valence-electron chi connectivity index (χ0n) is 11.9. The number of hydrogen-bond donors (Lipinski definition) is 2. The summed E-state index contributed by atoms with van der Waals surface area (Å²) >= 11 is 0. The van der Waals surface area contributed by atoms with Crippen molar-refractivity contribution in [2.45, 2.75) is 24.8 Å². The Morgan fingerprint density at radius 2 is 2.21 bits per heavy atom. The van der Waals surface area contributed by atoms with Crippen LogP contribution in [0.4, 0.5) is 5.69 Å². The highest BCUT2D eigenvalue weighted by molar-refractivity contribution is 5.99. The highest BCUT2D eigenvalue weighted by Crippen LogP contribution is 2.35. The number of pyridine rings is 1. The highest BCUT2D eigenvalue weighted by atomic mass is 16.1. The molecule has 0 atom stereocenters. The zero-order chi connectivity index (χ0) is 13.9. The third-order valence-corrected chi connectivity index (χ3v) is 4.15. The fourth-order valence-electron chi connectivity index (χ4n) is 2.50. The first-order valence-corrected chi connectivity index (χ1v) is 6.66. The second-order valence-corrected chi connectivity index (χ2v) is 5.33. The predicted octanol–water partition coefficient (Wildman–Crippen LogP) is 1.34. The van der Waals surface area contributed by atoms with E-state index in [4.69, 9.17) is 0 Å². The molecule has 5 heteroatoms. The van der Waals surface area contributed by atoms with Gasteiger partial charge in [0.1, 0.15) is 0 Å². The van der Waals surface area contributed by atoms with Crippen LogP contribution in [0.5, 0.6) is 0 Å². The lowest BCUT2D eigenvalue weighted by molar-refractivity contribution is 0.0558. The van der Waals surface area contributed by atoms with Gasteiger partial charge in [0, 0.05) is 25.3 Å². The van der Waals surface area contributed by atoms with E-state index in [9.17, 15) is 4.79 Å². The van der Waals surface area contributed by atoms with Gasteiger partial charge in [0.25, 0.3) is 5.91 Å². The lowest BCUT2D eigenvalue weighted by Crippen LogP contribution is -2.57. The number of hydrogen-bond acceptors (Lipinski definition) is 4. The van der Waals surface area contributed by atoms with Gasteiger partial charge >= 0.3 is 0 Å². The molecule has 1 amide bonds. The lowest BCUT2D eigenvalue weighted by atomic mass is 9.75. The van der Waals surface area contributed by atoms with Crippen LogP contribution in [0.3, 0.4) is 0 Å². The van der Waals surface area contributed by atoms with Gasteiger partial charge in [-0.15, -0.1) is 0 Å². The van der Waals surface area contributed by atoms with Gasteiger partial charge in [-0.2, -0.15) is 0 Å². The van der Waals surface area contributed by atoms with Crippen molar-refractivity contribution in [3.63, 3.8) is 0 Å². The number of rotatable bonds is 5. The number of aromatic nitrogens is 1. The standard InChI is InChI=1S/C14H22N4O/c1-15-12-9-16-8-5-11(12)13(19)17-10-14(18(2)3)6-4-7-14/h5,8-9,15H,4,6-7,10H2,1-3H3,(H,17,19). The summed E-state index contributed by atoms with van der Waals surface area (Å²) in [5.41, 5.74) is 1.54. The second-order valence-electron chi connectivity index (χ2n) is 5.33. The molecule has 0 saturated heterocycles. The Labute approximate surface area is 114 Å². The van der Waals surface area contributed by atoms with Crippen molar-refractivity contribution in [2.24, 2.45) is 0 Å². The van der Waals surface area contributed by atoms with Gasteiger partial charge in [-0.3, -0.25) is 9.78 Å². The van der Waals surface area contributed by atoms with E-state index in [1.165, 1.54) is 6.42 Å². The monoisotopic (exact) mass is 262 g/mol. The first kappa shape index (κ1) is 13.8. The van der Waals surface area contributed by atoms with E-state index in [-0.39, 0.29) is 11.4 Å². The van der Waals surface area contributed by atoms with Gasteiger partial charge < -0.3 is 15.5 Å². The topological polar surface area (TPSA) is 57.3 Å². The minimum atomic E-state index is -0.0418. The van der Waals surface area contributed by atoms with Crippen molar-refractivity contribution < 1.29 is 4.79 Å². The van der Waals surface area contributed by atoms with Crippen LogP contribution in [0.15, 0.2) is 18.5 Å². The maximum atomic E-state index is 12.2. The number of carbonyl (C=O) groups is 1. The summed E-state index contributed by atoms with van der Waals surface area (Å²) in [6.45, 7) is 0.699. The summed E-state index contributed by atoms with van der Waals surface area (Å²) in [5, 5.41) is 6.04. The summed E-state index contributed by atoms with van der Waals surface area (Å²) in [6.07, 6.45) is 6.84. The molecule has 0 aromatic carbocycles. The lowest BCUT2D eigenvalue weighted by Gasteiger charge is -2.47. The van der Waals surface area contributed by atoms with Crippen molar-refractivity contribution in [3.05, 3.63) is 24.0 Å². The van der Waals surface area contributed by atoms with Crippen LogP contribution in [-0.4, -0.2) is 49.0 Å². The Balaban J connectivity index is 2.01. The van der Waals surface area contributed by atoms with Crippen LogP contribution in [0, 0.1) is 0 Å². The van der Waals surface area contributed by atoms with Crippen LogP contribution in [0.1, 0.15) is 29.6 Å². The zero-order valence-corrected chi connectivity index (χ0v) is 11.9. The normalized spacial score (nSPS) is 16.8. The molecule has 0 spiro atoms. The van der Waals surface area contributed by atoms with E-state index in [0.29, 0.717) is 12.1 Å². The summed E-state index contributed by atoms with van der Waals surface area (Å²) in [6, 6.07) is 1.74. The van der Waals surface area contributed by atoms with E-state index in [1.807, 2.05) is 0 Å². The van der Waals surface area contributed by atoms with Crippen LogP contribution >= 0.6 is 0 Å². The summed E-state index contributed by atoms with van der Waals surface area (Å²) in [4.78, 5) is 18.5. The molecule has 1 aromatic rings. The van der Waals surface area contributed by atoms with E-state index < -0.39 is 0 Å². The molecule has 5 nitrogen and oxygen atoms in total. The molecule has 1 heterocycles. The molecule has 1 fully saturated rings. The number of anilines is 1. The average Bonchev–Trinajstić information content (AvgIpc) is 2.36. The Bertz CT molecular complexity index is 455. The molecule has 0 radical (unpaired) electrons. The third kappa shape index (κ3) is 2.71. The number of nitrogens with zero attached hydrogens (tertiary/aromatic N) is 2. The summed E-state index contributed by atoms with van der Waals surface area (Å²) < 4.78 is 0. The second kappa shape index (κ2) is 5.57. The van der Waals surface area contributed by atoms with Crippen molar-refractivity contribution in [2.75, 3.05) is 33.0 Å². The van der Waals surface area contributed by atoms with Crippen molar-refractivity contribution >= 4 is 11.6 Å². The first-order valence-electron chi connectivity index (χ1n) is 6.66. The molecule has 0 bridgehead atoms. The average molecular weight is 262 g/mol. The van der Waals surface area contributed by atoms with E-state index in [0.717, 1.165) is 18.5 Å². The summed E-state index contributed by atoms with van der Waals surface area (Å²) in [7, 11) is 5.95. The molecule has 1 saturated carbocycles. The maximum absolute atomic E-state index is 12.2. The SMILES string of the molecule is CNc1cnccc1C(=O)NCC1(N(C)C)CCC1. The molecule has 1 aromatic heterocycles. The molecular formula is C14H22N4O. The first-order chi connectivity index (χ1) is 9.09. The Morgan fingerprint density at radius 3 is 2.74 bits per heavy atom. The molecule has 1 aliphatic rings. The minimum Gasteiger partial charge on any atom is -0.386 e. The largest absolute Gasteiger partial charge is 0.386 e. The molecule has 2 rings (SSSR count). The smallest absolute Gasteiger partial charge is 0.253 e. The minimum absolute atomic E-state index is 0.0418. The van der Waals surface area contributed by atoms with Crippen LogP contribution < -0.4 is 10.6 Å². The molecule has 104 valence electrons. The maximum Gasteiger partial charge on any atom is 0.253 e. The van der Waals surface area contributed by atoms with Crippen molar-refractivity contribution in [1.29, 1.82) is 0 Å². The molecule has 2 N–H and O–H groups in total. The molecular weight excluding hydrogens is 240 g/mol. The third-order valence-electron chi connectivity index (χ3n) is 4.15. The molecule has 19 heavy (non-hydrogen) atoms. The molecule has 0 aliphatic heterocycles. The van der Waals surface area contributed by atoms with Gasteiger partial charge in [-0.05, 0) is 39.4 Å². The van der Waals surface area contributed by atoms with E-state index in [2.05, 4.69) is 34.6 Å². The van der Waals surface area contributed by atoms with E-state index >= 15 is 0 Å². The predicted molar refractivity (Wildman–Crippen MR) is 76.4 cm³/mol. The number of amides is 1. The number of nitrogens with one attached hydrogen (secondary N) is 2. The van der Waals surface area contributed by atoms with Crippen molar-refractivity contribution in [3.8, 4) is 0 Å². The van der Waals surface area contributed by atoms with Crippen LogP contribution in [0.2, 0.25) is 0 Å². The Hall–Kier alpha value is -1.62. The Morgan fingerprint density at radius 1 is 1.47 bits per heavy atom. The Kier molecular flexibility index (Phi) is 4.04. The number of carbonyl (C=O) groups excluding carboxylic acids is 1. The summed E-state index contributed by atoms with van der Waals surface area (Å²) in [5.74, 6) is -0.0418. The van der Waals surface area contributed by atoms with Gasteiger partial charge in [-0.1, -0.05) is 0 Å². The van der Waals surface area contributed by atoms with Gasteiger partial charge in [-0.25, -0.2) is 0 Å². The fraction of sp³-hybridized carbons (Fsp3) is 0.571. The fourth-order valence-corrected chi connectivity index (χ4v) is 2.50. The quantitative estimate of drug-likeness (QED) is 0.840. The van der Waals surface area contributed by atoms with Crippen molar-refractivity contribution in [1.82, 2.24) is 15.2 Å². The molecule has 1 aliphatic carbocycles. The van der Waals surface area contributed by atoms with Gasteiger partial charge in [0.15, 0.2) is 0 Å². The number of likely N-dealkylation sites (N-methyl/N-ethyl adjacent to an activating group) is 1. The van der Waals surface area contributed by atoms with Gasteiger partial charge in [0.2, 0.25) is 0 Å². The molecule has 0 unspecified atom stereocenters. The van der Waals surface area contributed by atoms with Crippen LogP contribution in [0.25, 0.3) is 0 Å². The van der Waals surface area contributed by atoms with Crippen LogP contribution in [-0.2, 0) is 0 Å². The highest BCUT2D eigenvalue weighted by Gasteiger charge is 2.39. The van der Waals surface area contributed by atoms with E-state index in [1.54, 1.807) is 25.5 Å².